The molecule has 0 radical (unpaired) electrons. The Morgan fingerprint density at radius 1 is 1.27 bits per heavy atom. The van der Waals surface area contributed by atoms with Gasteiger partial charge in [-0.05, 0) is 64.0 Å². The first-order chi connectivity index (χ1) is 13.9. The van der Waals surface area contributed by atoms with Crippen LogP contribution in [0.2, 0.25) is 5.02 Å². The number of rotatable bonds is 2. The Morgan fingerprint density at radius 2 is 1.90 bits per heavy atom. The van der Waals surface area contributed by atoms with Crippen molar-refractivity contribution in [2.75, 3.05) is 13.1 Å². The van der Waals surface area contributed by atoms with E-state index in [2.05, 4.69) is 4.98 Å². The van der Waals surface area contributed by atoms with Crippen LogP contribution in [0.4, 0.5) is 4.79 Å². The van der Waals surface area contributed by atoms with E-state index in [4.69, 9.17) is 20.8 Å². The molecule has 1 aliphatic heterocycles. The molecule has 30 heavy (non-hydrogen) atoms. The molecule has 9 heteroatoms. The molecule has 164 valence electrons. The van der Waals surface area contributed by atoms with Crippen molar-refractivity contribution in [3.05, 3.63) is 23.0 Å². The number of likely N-dealkylation sites (tertiary alicyclic amines) is 1. The van der Waals surface area contributed by atoms with Crippen molar-refractivity contribution in [2.45, 2.75) is 69.1 Å². The van der Waals surface area contributed by atoms with Crippen molar-refractivity contribution in [3.8, 4) is 0 Å². The number of sulfone groups is 1. The molecule has 7 nitrogen and oxygen atoms in total. The number of aryl methyl sites for hydroxylation is 1. The quantitative estimate of drug-likeness (QED) is 0.650. The third-order valence-corrected chi connectivity index (χ3v) is 8.70. The average molecular weight is 455 g/mol. The summed E-state index contributed by atoms with van der Waals surface area (Å²) in [5.41, 5.74) is 0.158. The predicted octanol–water partition coefficient (Wildman–Crippen LogP) is 4.74. The number of amides is 1. The van der Waals surface area contributed by atoms with E-state index in [1.165, 1.54) is 0 Å². The van der Waals surface area contributed by atoms with Crippen molar-refractivity contribution >= 4 is 38.6 Å². The van der Waals surface area contributed by atoms with Crippen LogP contribution in [-0.4, -0.2) is 48.3 Å². The summed E-state index contributed by atoms with van der Waals surface area (Å²) in [6, 6.07) is 3.23. The third kappa shape index (κ3) is 3.80. The SMILES string of the molecule is Cc1nc2ccc(Cl)c(S(=O)(=O)C3CC4(CCN(C(=O)OC(C)(C)C)CC4)C3)c2o1. The number of benzene rings is 1. The number of aromatic nitrogens is 1. The lowest BCUT2D eigenvalue weighted by Crippen LogP contribution is -2.53. The van der Waals surface area contributed by atoms with E-state index < -0.39 is 20.7 Å². The zero-order valence-corrected chi connectivity index (χ0v) is 19.3. The summed E-state index contributed by atoms with van der Waals surface area (Å²) >= 11 is 6.28. The summed E-state index contributed by atoms with van der Waals surface area (Å²) in [4.78, 5) is 18.3. The highest BCUT2D eigenvalue weighted by molar-refractivity contribution is 7.92. The van der Waals surface area contributed by atoms with E-state index in [9.17, 15) is 13.2 Å². The number of hydrogen-bond donors (Lipinski definition) is 0. The van der Waals surface area contributed by atoms with Crippen LogP contribution in [0.3, 0.4) is 0 Å². The molecular weight excluding hydrogens is 428 g/mol. The summed E-state index contributed by atoms with van der Waals surface area (Å²) in [5, 5.41) is -0.335. The number of halogens is 1. The molecule has 2 aromatic rings. The Hall–Kier alpha value is -1.80. The van der Waals surface area contributed by atoms with Gasteiger partial charge in [0, 0.05) is 20.0 Å². The highest BCUT2D eigenvalue weighted by Gasteiger charge is 2.52. The van der Waals surface area contributed by atoms with Gasteiger partial charge in [-0.3, -0.25) is 0 Å². The minimum Gasteiger partial charge on any atom is -0.444 e. The van der Waals surface area contributed by atoms with Crippen LogP contribution >= 0.6 is 11.6 Å². The molecule has 1 spiro atoms. The van der Waals surface area contributed by atoms with Crippen LogP contribution in [-0.2, 0) is 14.6 Å². The largest absolute Gasteiger partial charge is 0.444 e. The molecule has 1 aromatic heterocycles. The number of nitrogens with zero attached hydrogens (tertiary/aromatic N) is 2. The first-order valence-electron chi connectivity index (χ1n) is 10.2. The van der Waals surface area contributed by atoms with Crippen molar-refractivity contribution in [1.29, 1.82) is 0 Å². The van der Waals surface area contributed by atoms with Crippen LogP contribution in [0.15, 0.2) is 21.4 Å². The molecule has 0 atom stereocenters. The molecule has 0 N–H and O–H groups in total. The second-order valence-corrected chi connectivity index (χ2v) is 12.1. The number of oxazole rings is 1. The third-order valence-electron chi connectivity index (χ3n) is 6.09. The van der Waals surface area contributed by atoms with Crippen LogP contribution < -0.4 is 0 Å². The van der Waals surface area contributed by atoms with Crippen LogP contribution in [0.5, 0.6) is 0 Å². The lowest BCUT2D eigenvalue weighted by atomic mass is 9.63. The molecule has 1 saturated heterocycles. The molecule has 1 amide bonds. The lowest BCUT2D eigenvalue weighted by Gasteiger charge is -2.51. The first-order valence-corrected chi connectivity index (χ1v) is 12.1. The number of carbonyl (C=O) groups excluding carboxylic acids is 1. The zero-order chi connectivity index (χ0) is 21.9. The summed E-state index contributed by atoms with van der Waals surface area (Å²) in [7, 11) is -3.65. The van der Waals surface area contributed by atoms with Gasteiger partial charge in [-0.1, -0.05) is 11.6 Å². The second kappa shape index (κ2) is 7.12. The molecule has 1 aromatic carbocycles. The highest BCUT2D eigenvalue weighted by atomic mass is 35.5. The smallest absolute Gasteiger partial charge is 0.410 e. The maximum atomic E-state index is 13.4. The topological polar surface area (TPSA) is 89.7 Å². The van der Waals surface area contributed by atoms with Crippen LogP contribution in [0.25, 0.3) is 11.1 Å². The fourth-order valence-electron chi connectivity index (χ4n) is 4.51. The Bertz CT molecular complexity index is 1090. The maximum Gasteiger partial charge on any atom is 0.410 e. The molecule has 2 heterocycles. The lowest BCUT2D eigenvalue weighted by molar-refractivity contribution is -0.00428. The van der Waals surface area contributed by atoms with Crippen LogP contribution in [0.1, 0.15) is 52.3 Å². The van der Waals surface area contributed by atoms with E-state index in [1.54, 1.807) is 24.0 Å². The Balaban J connectivity index is 1.46. The van der Waals surface area contributed by atoms with E-state index in [-0.39, 0.29) is 27.0 Å². The van der Waals surface area contributed by atoms with Crippen molar-refractivity contribution in [2.24, 2.45) is 5.41 Å². The van der Waals surface area contributed by atoms with E-state index in [0.29, 0.717) is 37.3 Å². The summed E-state index contributed by atoms with van der Waals surface area (Å²) in [6.07, 6.45) is 2.38. The molecule has 0 bridgehead atoms. The molecule has 1 aliphatic carbocycles. The van der Waals surface area contributed by atoms with Gasteiger partial charge in [-0.2, -0.15) is 0 Å². The van der Waals surface area contributed by atoms with E-state index >= 15 is 0 Å². The number of fused-ring (bicyclic) bond motifs is 1. The first kappa shape index (κ1) is 21.4. The summed E-state index contributed by atoms with van der Waals surface area (Å²) in [6.45, 7) is 8.39. The van der Waals surface area contributed by atoms with E-state index in [1.807, 2.05) is 20.8 Å². The molecule has 4 rings (SSSR count). The van der Waals surface area contributed by atoms with Gasteiger partial charge in [0.05, 0.1) is 10.3 Å². The second-order valence-electron chi connectivity index (χ2n) is 9.50. The Labute approximate surface area is 181 Å². The highest BCUT2D eigenvalue weighted by Crippen LogP contribution is 2.53. The zero-order valence-electron chi connectivity index (χ0n) is 17.7. The van der Waals surface area contributed by atoms with Gasteiger partial charge in [0.2, 0.25) is 0 Å². The van der Waals surface area contributed by atoms with Crippen molar-refractivity contribution in [1.82, 2.24) is 9.88 Å². The number of piperidine rings is 1. The molecule has 2 aliphatic rings. The molecule has 0 unspecified atom stereocenters. The van der Waals surface area contributed by atoms with E-state index in [0.717, 1.165) is 12.8 Å². The van der Waals surface area contributed by atoms with Gasteiger partial charge >= 0.3 is 6.09 Å². The van der Waals surface area contributed by atoms with Gasteiger partial charge < -0.3 is 14.1 Å². The number of hydrogen-bond acceptors (Lipinski definition) is 6. The van der Waals surface area contributed by atoms with Gasteiger partial charge in [0.1, 0.15) is 16.0 Å². The monoisotopic (exact) mass is 454 g/mol. The number of carbonyl (C=O) groups is 1. The fourth-order valence-corrected chi connectivity index (χ4v) is 7.21. The minimum absolute atomic E-state index is 0.0477. The van der Waals surface area contributed by atoms with Gasteiger partial charge in [0.25, 0.3) is 0 Å². The van der Waals surface area contributed by atoms with Crippen LogP contribution in [0, 0.1) is 12.3 Å². The standard InChI is InChI=1S/C21H27ClN2O5S/c1-13-23-16-6-5-15(22)18(17(16)28-13)30(26,27)14-11-21(12-14)7-9-24(10-8-21)19(25)29-20(2,3)4/h5-6,14H,7-12H2,1-4H3. The fraction of sp³-hybridized carbons (Fsp3) is 0.619. The van der Waals surface area contributed by atoms with Gasteiger partial charge in [-0.15, -0.1) is 0 Å². The molecule has 2 fully saturated rings. The number of ether oxygens (including phenoxy) is 1. The predicted molar refractivity (Wildman–Crippen MR) is 113 cm³/mol. The van der Waals surface area contributed by atoms with Gasteiger partial charge in [-0.25, -0.2) is 18.2 Å². The molecular formula is C21H27ClN2O5S. The van der Waals surface area contributed by atoms with Gasteiger partial charge in [0.15, 0.2) is 21.3 Å². The normalized spacial score (nSPS) is 19.8. The Morgan fingerprint density at radius 3 is 2.50 bits per heavy atom. The summed E-state index contributed by atoms with van der Waals surface area (Å²) < 4.78 is 37.7. The summed E-state index contributed by atoms with van der Waals surface area (Å²) in [5.74, 6) is 0.406. The molecule has 1 saturated carbocycles. The average Bonchev–Trinajstić information content (AvgIpc) is 2.97. The minimum atomic E-state index is -3.65. The Kier molecular flexibility index (Phi) is 5.09. The van der Waals surface area contributed by atoms with Crippen molar-refractivity contribution in [3.63, 3.8) is 0 Å². The maximum absolute atomic E-state index is 13.4. The van der Waals surface area contributed by atoms with Crippen molar-refractivity contribution < 1.29 is 22.4 Å².